The highest BCUT2D eigenvalue weighted by Gasteiger charge is 2.29. The van der Waals surface area contributed by atoms with Crippen molar-refractivity contribution in [1.29, 1.82) is 0 Å². The van der Waals surface area contributed by atoms with Gasteiger partial charge in [-0.15, -0.1) is 0 Å². The molecule has 0 aliphatic heterocycles. The van der Waals surface area contributed by atoms with Gasteiger partial charge in [-0.3, -0.25) is 4.79 Å². The summed E-state index contributed by atoms with van der Waals surface area (Å²) < 4.78 is 5.32. The van der Waals surface area contributed by atoms with Gasteiger partial charge in [-0.05, 0) is 61.3 Å². The largest absolute Gasteiger partial charge is 0.497 e. The van der Waals surface area contributed by atoms with Crippen LogP contribution >= 0.6 is 0 Å². The number of benzene rings is 1. The number of rotatable bonds is 5. The lowest BCUT2D eigenvalue weighted by Gasteiger charge is -2.29. The van der Waals surface area contributed by atoms with Crippen LogP contribution in [0.15, 0.2) is 18.2 Å². The summed E-state index contributed by atoms with van der Waals surface area (Å²) >= 11 is 0. The summed E-state index contributed by atoms with van der Waals surface area (Å²) in [7, 11) is 3.57. The maximum absolute atomic E-state index is 12.7. The van der Waals surface area contributed by atoms with Crippen LogP contribution in [0.25, 0.3) is 0 Å². The van der Waals surface area contributed by atoms with E-state index in [0.717, 1.165) is 44.3 Å². The van der Waals surface area contributed by atoms with Crippen LogP contribution < -0.4 is 4.74 Å². The van der Waals surface area contributed by atoms with Gasteiger partial charge in [-0.2, -0.15) is 0 Å². The fourth-order valence-electron chi connectivity index (χ4n) is 4.28. The molecule has 2 aliphatic carbocycles. The quantitative estimate of drug-likeness (QED) is 0.902. The molecule has 132 valence electrons. The van der Waals surface area contributed by atoms with Gasteiger partial charge in [0.25, 0.3) is 0 Å². The maximum Gasteiger partial charge on any atom is 0.222 e. The van der Waals surface area contributed by atoms with Gasteiger partial charge in [0.2, 0.25) is 5.91 Å². The SMILES string of the molecule is COc1ccc2c(c1)CCCC2CC(=O)N(C)CC1CCCC1O. The molecule has 0 aromatic heterocycles. The van der Waals surface area contributed by atoms with E-state index in [0.29, 0.717) is 18.9 Å². The second kappa shape index (κ2) is 7.56. The summed E-state index contributed by atoms with van der Waals surface area (Å²) in [6.07, 6.45) is 6.60. The molecule has 0 spiro atoms. The van der Waals surface area contributed by atoms with E-state index >= 15 is 0 Å². The topological polar surface area (TPSA) is 49.8 Å². The Balaban J connectivity index is 1.63. The lowest BCUT2D eigenvalue weighted by Crippen LogP contribution is -2.35. The molecule has 3 rings (SSSR count). The Kier molecular flexibility index (Phi) is 5.44. The maximum atomic E-state index is 12.7. The summed E-state index contributed by atoms with van der Waals surface area (Å²) in [5.41, 5.74) is 2.64. The number of fused-ring (bicyclic) bond motifs is 1. The number of carbonyl (C=O) groups excluding carboxylic acids is 1. The molecule has 0 bridgehead atoms. The number of nitrogens with zero attached hydrogens (tertiary/aromatic N) is 1. The Bertz CT molecular complexity index is 586. The zero-order valence-corrected chi connectivity index (χ0v) is 14.8. The number of aliphatic hydroxyl groups excluding tert-OH is 1. The monoisotopic (exact) mass is 331 g/mol. The van der Waals surface area contributed by atoms with Crippen LogP contribution in [0.1, 0.15) is 55.6 Å². The van der Waals surface area contributed by atoms with E-state index in [1.54, 1.807) is 7.11 Å². The van der Waals surface area contributed by atoms with Crippen LogP contribution in [0.4, 0.5) is 0 Å². The molecule has 1 N–H and O–H groups in total. The molecule has 1 saturated carbocycles. The Morgan fingerprint density at radius 3 is 2.83 bits per heavy atom. The van der Waals surface area contributed by atoms with E-state index in [-0.39, 0.29) is 17.9 Å². The summed E-state index contributed by atoms with van der Waals surface area (Å²) in [4.78, 5) is 14.5. The van der Waals surface area contributed by atoms with Gasteiger partial charge in [0.1, 0.15) is 5.75 Å². The van der Waals surface area contributed by atoms with Crippen LogP contribution in [0.2, 0.25) is 0 Å². The van der Waals surface area contributed by atoms with Gasteiger partial charge in [-0.25, -0.2) is 0 Å². The highest BCUT2D eigenvalue weighted by Crippen LogP contribution is 2.36. The minimum absolute atomic E-state index is 0.197. The van der Waals surface area contributed by atoms with Crippen molar-refractivity contribution in [3.8, 4) is 5.75 Å². The van der Waals surface area contributed by atoms with Crippen molar-refractivity contribution in [2.45, 2.75) is 57.0 Å². The molecule has 24 heavy (non-hydrogen) atoms. The van der Waals surface area contributed by atoms with Crippen molar-refractivity contribution in [2.75, 3.05) is 20.7 Å². The Morgan fingerprint density at radius 2 is 2.12 bits per heavy atom. The first-order chi connectivity index (χ1) is 11.6. The van der Waals surface area contributed by atoms with Crippen molar-refractivity contribution >= 4 is 5.91 Å². The predicted octanol–water partition coefficient (Wildman–Crippen LogP) is 3.12. The third-order valence-electron chi connectivity index (χ3n) is 5.76. The lowest BCUT2D eigenvalue weighted by atomic mass is 9.80. The van der Waals surface area contributed by atoms with Crippen LogP contribution in [-0.4, -0.2) is 42.7 Å². The zero-order valence-electron chi connectivity index (χ0n) is 14.8. The number of hydrogen-bond donors (Lipinski definition) is 1. The molecule has 3 atom stereocenters. The first kappa shape index (κ1) is 17.3. The number of carbonyl (C=O) groups is 1. The van der Waals surface area contributed by atoms with E-state index in [2.05, 4.69) is 12.1 Å². The first-order valence-electron chi connectivity index (χ1n) is 9.17. The lowest BCUT2D eigenvalue weighted by molar-refractivity contribution is -0.131. The summed E-state index contributed by atoms with van der Waals surface area (Å²) in [6.45, 7) is 0.683. The standard InChI is InChI=1S/C20H29NO3/c1-21(13-16-7-4-8-19(16)22)20(23)12-15-6-3-5-14-11-17(24-2)9-10-18(14)15/h9-11,15-16,19,22H,3-8,12-13H2,1-2H3. The summed E-state index contributed by atoms with van der Waals surface area (Å²) in [6, 6.07) is 6.25. The minimum Gasteiger partial charge on any atom is -0.497 e. The van der Waals surface area contributed by atoms with Crippen molar-refractivity contribution < 1.29 is 14.6 Å². The van der Waals surface area contributed by atoms with Gasteiger partial charge in [-0.1, -0.05) is 12.5 Å². The van der Waals surface area contributed by atoms with E-state index in [1.807, 2.05) is 18.0 Å². The normalized spacial score (nSPS) is 26.0. The fourth-order valence-corrected chi connectivity index (χ4v) is 4.28. The third kappa shape index (κ3) is 3.75. The van der Waals surface area contributed by atoms with Gasteiger partial charge in [0.05, 0.1) is 13.2 Å². The van der Waals surface area contributed by atoms with Crippen LogP contribution in [0.3, 0.4) is 0 Å². The van der Waals surface area contributed by atoms with E-state index < -0.39 is 0 Å². The molecule has 1 aromatic rings. The second-order valence-electron chi connectivity index (χ2n) is 7.39. The van der Waals surface area contributed by atoms with Crippen molar-refractivity contribution in [3.63, 3.8) is 0 Å². The second-order valence-corrected chi connectivity index (χ2v) is 7.39. The third-order valence-corrected chi connectivity index (χ3v) is 5.76. The van der Waals surface area contributed by atoms with Crippen molar-refractivity contribution in [2.24, 2.45) is 5.92 Å². The van der Waals surface area contributed by atoms with E-state index in [4.69, 9.17) is 4.74 Å². The van der Waals surface area contributed by atoms with Crippen LogP contribution in [0.5, 0.6) is 5.75 Å². The predicted molar refractivity (Wildman–Crippen MR) is 94.3 cm³/mol. The number of hydrogen-bond acceptors (Lipinski definition) is 3. The fraction of sp³-hybridized carbons (Fsp3) is 0.650. The Hall–Kier alpha value is -1.55. The number of methoxy groups -OCH3 is 1. The number of aliphatic hydroxyl groups is 1. The highest BCUT2D eigenvalue weighted by atomic mass is 16.5. The smallest absolute Gasteiger partial charge is 0.222 e. The average Bonchev–Trinajstić information content (AvgIpc) is 2.99. The highest BCUT2D eigenvalue weighted by molar-refractivity contribution is 5.77. The van der Waals surface area contributed by atoms with Gasteiger partial charge in [0.15, 0.2) is 0 Å². The van der Waals surface area contributed by atoms with Crippen LogP contribution in [0, 0.1) is 5.92 Å². The molecular weight excluding hydrogens is 302 g/mol. The molecule has 0 saturated heterocycles. The van der Waals surface area contributed by atoms with E-state index in [9.17, 15) is 9.90 Å². The van der Waals surface area contributed by atoms with E-state index in [1.165, 1.54) is 11.1 Å². The van der Waals surface area contributed by atoms with Gasteiger partial charge in [0, 0.05) is 25.9 Å². The molecule has 1 amide bonds. The molecule has 1 aromatic carbocycles. The molecule has 0 radical (unpaired) electrons. The minimum atomic E-state index is -0.233. The Morgan fingerprint density at radius 1 is 1.29 bits per heavy atom. The van der Waals surface area contributed by atoms with Crippen LogP contribution in [-0.2, 0) is 11.2 Å². The number of aryl methyl sites for hydroxylation is 1. The average molecular weight is 331 g/mol. The molecule has 4 nitrogen and oxygen atoms in total. The van der Waals surface area contributed by atoms with Crippen molar-refractivity contribution in [1.82, 2.24) is 4.90 Å². The van der Waals surface area contributed by atoms with Crippen molar-refractivity contribution in [3.05, 3.63) is 29.3 Å². The Labute approximate surface area is 144 Å². The molecule has 2 aliphatic rings. The summed E-state index contributed by atoms with van der Waals surface area (Å²) in [5, 5.41) is 9.97. The molecule has 0 heterocycles. The molecular formula is C20H29NO3. The van der Waals surface area contributed by atoms with Gasteiger partial charge >= 0.3 is 0 Å². The molecule has 4 heteroatoms. The zero-order chi connectivity index (χ0) is 17.1. The molecule has 3 unspecified atom stereocenters. The first-order valence-corrected chi connectivity index (χ1v) is 9.17. The molecule has 1 fully saturated rings. The number of ether oxygens (including phenoxy) is 1. The van der Waals surface area contributed by atoms with Gasteiger partial charge < -0.3 is 14.7 Å². The summed E-state index contributed by atoms with van der Waals surface area (Å²) in [5.74, 6) is 1.65. The number of amides is 1.